The number of fused-ring (bicyclic) bond motifs is 4. The number of hydrogen-bond donors (Lipinski definition) is 0. The number of amides is 1. The highest BCUT2D eigenvalue weighted by atomic mass is 16.3. The number of aromatic nitrogens is 2. The molecule has 1 aliphatic carbocycles. The van der Waals surface area contributed by atoms with Gasteiger partial charge >= 0.3 is 0 Å². The van der Waals surface area contributed by atoms with E-state index in [2.05, 4.69) is 4.98 Å². The Morgan fingerprint density at radius 2 is 1.96 bits per heavy atom. The van der Waals surface area contributed by atoms with Crippen molar-refractivity contribution in [2.75, 3.05) is 13.1 Å². The normalized spacial score (nSPS) is 22.9. The first-order valence-corrected chi connectivity index (χ1v) is 9.85. The van der Waals surface area contributed by atoms with E-state index in [9.17, 15) is 9.59 Å². The number of nitrogens with zero attached hydrogens (tertiary/aromatic N) is 3. The van der Waals surface area contributed by atoms with Crippen LogP contribution >= 0.6 is 0 Å². The Bertz CT molecular complexity index is 1070. The van der Waals surface area contributed by atoms with Gasteiger partial charge < -0.3 is 9.32 Å². The highest BCUT2D eigenvalue weighted by molar-refractivity contribution is 6.01. The summed E-state index contributed by atoms with van der Waals surface area (Å²) in [5, 5.41) is 0.822. The number of hydrogen-bond acceptors (Lipinski definition) is 4. The molecule has 2 fully saturated rings. The van der Waals surface area contributed by atoms with E-state index in [4.69, 9.17) is 4.42 Å². The molecule has 0 radical (unpaired) electrons. The van der Waals surface area contributed by atoms with Gasteiger partial charge in [-0.3, -0.25) is 14.2 Å². The van der Waals surface area contributed by atoms with Crippen LogP contribution in [0, 0.1) is 11.8 Å². The number of carbonyl (C=O) groups is 1. The third kappa shape index (κ3) is 2.83. The molecule has 6 heteroatoms. The number of benzene rings is 1. The molecule has 1 aromatic carbocycles. The smallest absolute Gasteiger partial charge is 0.297 e. The van der Waals surface area contributed by atoms with Crippen LogP contribution in [-0.4, -0.2) is 33.4 Å². The summed E-state index contributed by atoms with van der Waals surface area (Å²) in [7, 11) is 0. The van der Waals surface area contributed by atoms with Gasteiger partial charge in [-0.25, -0.2) is 4.98 Å². The minimum absolute atomic E-state index is 0.00150. The SMILES string of the molecule is O=C(Cn1cnc2c(oc3ccccc32)c1=O)N1CCC2CCCCC2C1. The molecular weight excluding hydrogens is 342 g/mol. The Kier molecular flexibility index (Phi) is 3.99. The standard InChI is InChI=1S/C21H23N3O3/c25-18(23-10-9-14-5-1-2-6-15(14)11-23)12-24-13-22-19-16-7-3-4-8-17(16)27-20(19)21(24)26/h3-4,7-8,13-15H,1-2,5-6,9-12H2. The first kappa shape index (κ1) is 16.5. The molecule has 2 unspecified atom stereocenters. The van der Waals surface area contributed by atoms with Crippen molar-refractivity contribution in [1.29, 1.82) is 0 Å². The molecule has 1 saturated heterocycles. The molecule has 3 heterocycles. The Morgan fingerprint density at radius 1 is 1.15 bits per heavy atom. The van der Waals surface area contributed by atoms with Crippen LogP contribution in [0.4, 0.5) is 0 Å². The van der Waals surface area contributed by atoms with E-state index in [-0.39, 0.29) is 23.6 Å². The molecule has 5 rings (SSSR count). The number of para-hydroxylation sites is 1. The van der Waals surface area contributed by atoms with Gasteiger partial charge in [-0.2, -0.15) is 0 Å². The molecule has 0 bridgehead atoms. The maximum absolute atomic E-state index is 12.8. The summed E-state index contributed by atoms with van der Waals surface area (Å²) in [5.41, 5.74) is 1.12. The molecule has 3 aromatic rings. The van der Waals surface area contributed by atoms with Crippen LogP contribution < -0.4 is 5.56 Å². The lowest BCUT2D eigenvalue weighted by atomic mass is 9.75. The summed E-state index contributed by atoms with van der Waals surface area (Å²) in [5.74, 6) is 1.40. The molecular formula is C21H23N3O3. The largest absolute Gasteiger partial charge is 0.448 e. The number of likely N-dealkylation sites (tertiary alicyclic amines) is 1. The topological polar surface area (TPSA) is 68.3 Å². The quantitative estimate of drug-likeness (QED) is 0.699. The zero-order chi connectivity index (χ0) is 18.4. The van der Waals surface area contributed by atoms with Crippen molar-refractivity contribution in [2.24, 2.45) is 11.8 Å². The summed E-state index contributed by atoms with van der Waals surface area (Å²) >= 11 is 0. The molecule has 1 aliphatic heterocycles. The zero-order valence-electron chi connectivity index (χ0n) is 15.3. The van der Waals surface area contributed by atoms with Crippen LogP contribution in [0.15, 0.2) is 39.8 Å². The highest BCUT2D eigenvalue weighted by Gasteiger charge is 2.33. The van der Waals surface area contributed by atoms with Crippen molar-refractivity contribution < 1.29 is 9.21 Å². The lowest BCUT2D eigenvalue weighted by molar-refractivity contribution is -0.135. The zero-order valence-corrected chi connectivity index (χ0v) is 15.3. The Labute approximate surface area is 156 Å². The predicted molar refractivity (Wildman–Crippen MR) is 102 cm³/mol. The van der Waals surface area contributed by atoms with Crippen LogP contribution in [0.5, 0.6) is 0 Å². The second kappa shape index (κ2) is 6.51. The van der Waals surface area contributed by atoms with E-state index < -0.39 is 0 Å². The lowest BCUT2D eigenvalue weighted by Gasteiger charge is -2.41. The fourth-order valence-electron chi connectivity index (χ4n) is 4.80. The van der Waals surface area contributed by atoms with E-state index in [0.29, 0.717) is 17.0 Å². The summed E-state index contributed by atoms with van der Waals surface area (Å²) in [6.45, 7) is 1.66. The van der Waals surface area contributed by atoms with Gasteiger partial charge in [0.05, 0.1) is 6.33 Å². The number of rotatable bonds is 2. The Morgan fingerprint density at radius 3 is 2.85 bits per heavy atom. The maximum Gasteiger partial charge on any atom is 0.297 e. The number of furan rings is 1. The second-order valence-electron chi connectivity index (χ2n) is 7.89. The average Bonchev–Trinajstić information content (AvgIpc) is 3.09. The van der Waals surface area contributed by atoms with E-state index in [1.165, 1.54) is 36.6 Å². The van der Waals surface area contributed by atoms with Crippen molar-refractivity contribution >= 4 is 28.0 Å². The summed E-state index contributed by atoms with van der Waals surface area (Å²) in [4.78, 5) is 31.9. The summed E-state index contributed by atoms with van der Waals surface area (Å²) < 4.78 is 7.08. The van der Waals surface area contributed by atoms with Crippen LogP contribution in [0.3, 0.4) is 0 Å². The molecule has 27 heavy (non-hydrogen) atoms. The molecule has 1 amide bonds. The fraction of sp³-hybridized carbons (Fsp3) is 0.476. The number of piperidine rings is 1. The van der Waals surface area contributed by atoms with Gasteiger partial charge in [-0.15, -0.1) is 0 Å². The van der Waals surface area contributed by atoms with Crippen LogP contribution in [0.2, 0.25) is 0 Å². The minimum atomic E-state index is -0.294. The molecule has 140 valence electrons. The Balaban J connectivity index is 1.39. The fourth-order valence-corrected chi connectivity index (χ4v) is 4.80. The molecule has 6 nitrogen and oxygen atoms in total. The van der Waals surface area contributed by atoms with Gasteiger partial charge in [-0.05, 0) is 36.8 Å². The van der Waals surface area contributed by atoms with Crippen molar-refractivity contribution in [1.82, 2.24) is 14.5 Å². The van der Waals surface area contributed by atoms with Crippen LogP contribution in [0.25, 0.3) is 22.1 Å². The third-order valence-corrected chi connectivity index (χ3v) is 6.30. The predicted octanol–water partition coefficient (Wildman–Crippen LogP) is 3.18. The van der Waals surface area contributed by atoms with Gasteiger partial charge in [0.1, 0.15) is 17.6 Å². The summed E-state index contributed by atoms with van der Waals surface area (Å²) in [6.07, 6.45) is 7.69. The molecule has 2 aromatic heterocycles. The number of carbonyl (C=O) groups excluding carboxylic acids is 1. The van der Waals surface area contributed by atoms with Gasteiger partial charge in [0.25, 0.3) is 5.56 Å². The molecule has 0 N–H and O–H groups in total. The van der Waals surface area contributed by atoms with Gasteiger partial charge in [0, 0.05) is 18.5 Å². The van der Waals surface area contributed by atoms with E-state index in [1.54, 1.807) is 0 Å². The van der Waals surface area contributed by atoms with Crippen molar-refractivity contribution in [3.8, 4) is 0 Å². The van der Waals surface area contributed by atoms with Crippen molar-refractivity contribution in [2.45, 2.75) is 38.6 Å². The lowest BCUT2D eigenvalue weighted by Crippen LogP contribution is -2.46. The average molecular weight is 365 g/mol. The van der Waals surface area contributed by atoms with Gasteiger partial charge in [0.2, 0.25) is 11.5 Å². The minimum Gasteiger partial charge on any atom is -0.448 e. The molecule has 2 atom stereocenters. The van der Waals surface area contributed by atoms with Gasteiger partial charge in [-0.1, -0.05) is 31.4 Å². The van der Waals surface area contributed by atoms with Crippen molar-refractivity contribution in [3.63, 3.8) is 0 Å². The monoisotopic (exact) mass is 365 g/mol. The third-order valence-electron chi connectivity index (χ3n) is 6.30. The first-order chi connectivity index (χ1) is 13.2. The molecule has 1 saturated carbocycles. The molecule has 0 spiro atoms. The summed E-state index contributed by atoms with van der Waals surface area (Å²) in [6, 6.07) is 7.46. The maximum atomic E-state index is 12.8. The van der Waals surface area contributed by atoms with Crippen LogP contribution in [-0.2, 0) is 11.3 Å². The van der Waals surface area contributed by atoms with Crippen molar-refractivity contribution in [3.05, 3.63) is 40.9 Å². The van der Waals surface area contributed by atoms with Gasteiger partial charge in [0.15, 0.2) is 0 Å². The van der Waals surface area contributed by atoms with Crippen LogP contribution in [0.1, 0.15) is 32.1 Å². The second-order valence-corrected chi connectivity index (χ2v) is 7.89. The molecule has 2 aliphatic rings. The first-order valence-electron chi connectivity index (χ1n) is 9.85. The van der Waals surface area contributed by atoms with E-state index in [1.807, 2.05) is 29.2 Å². The Hall–Kier alpha value is -2.63. The van der Waals surface area contributed by atoms with E-state index in [0.717, 1.165) is 30.8 Å². The van der Waals surface area contributed by atoms with E-state index >= 15 is 0 Å². The highest BCUT2D eigenvalue weighted by Crippen LogP contribution is 2.36.